The number of hydrogen-bond donors (Lipinski definition) is 3. The van der Waals surface area contributed by atoms with Crippen molar-refractivity contribution in [2.45, 2.75) is 52.3 Å². The van der Waals surface area contributed by atoms with E-state index in [2.05, 4.69) is 15.3 Å². The maximum Gasteiger partial charge on any atom is 0.408 e. The van der Waals surface area contributed by atoms with Crippen LogP contribution in [0.5, 0.6) is 5.75 Å². The number of aromatic nitrogens is 3. The Bertz CT molecular complexity index is 1270. The van der Waals surface area contributed by atoms with Crippen molar-refractivity contribution in [3.05, 3.63) is 56.2 Å². The molecule has 0 fully saturated rings. The van der Waals surface area contributed by atoms with E-state index in [0.717, 1.165) is 28.0 Å². The highest BCUT2D eigenvalue weighted by Crippen LogP contribution is 2.35. The quantitative estimate of drug-likeness (QED) is 0.531. The number of hydrogen-bond acceptors (Lipinski definition) is 5. The fourth-order valence-corrected chi connectivity index (χ4v) is 4.21. The van der Waals surface area contributed by atoms with Crippen LogP contribution < -0.4 is 15.6 Å². The molecule has 3 N–H and O–H groups in total. The van der Waals surface area contributed by atoms with Crippen molar-refractivity contribution in [3.8, 4) is 5.75 Å². The zero-order chi connectivity index (χ0) is 22.3. The van der Waals surface area contributed by atoms with Crippen molar-refractivity contribution < 1.29 is 14.3 Å². The Balaban J connectivity index is 1.75. The molecule has 0 spiro atoms. The van der Waals surface area contributed by atoms with Gasteiger partial charge in [0.1, 0.15) is 16.9 Å². The van der Waals surface area contributed by atoms with Crippen LogP contribution in [-0.4, -0.2) is 32.8 Å². The summed E-state index contributed by atoms with van der Waals surface area (Å²) in [6.07, 6.45) is 1.95. The zero-order valence-corrected chi connectivity index (χ0v) is 18.8. The third-order valence-electron chi connectivity index (χ3n) is 5.19. The fourth-order valence-electron chi connectivity index (χ4n) is 3.96. The van der Waals surface area contributed by atoms with Crippen molar-refractivity contribution in [2.75, 3.05) is 6.61 Å². The van der Waals surface area contributed by atoms with Gasteiger partial charge in [0.25, 0.3) is 5.56 Å². The minimum absolute atomic E-state index is 0.243. The summed E-state index contributed by atoms with van der Waals surface area (Å²) in [5, 5.41) is 2.98. The van der Waals surface area contributed by atoms with Crippen molar-refractivity contribution in [1.82, 2.24) is 19.9 Å². The lowest BCUT2D eigenvalue weighted by molar-refractivity contribution is 0.0490. The first kappa shape index (κ1) is 21.2. The predicted molar refractivity (Wildman–Crippen MR) is 120 cm³/mol. The highest BCUT2D eigenvalue weighted by molar-refractivity contribution is 7.71. The van der Waals surface area contributed by atoms with Gasteiger partial charge in [0, 0.05) is 18.2 Å². The lowest BCUT2D eigenvalue weighted by atomic mass is 9.95. The maximum atomic E-state index is 12.4. The molecule has 4 rings (SSSR count). The summed E-state index contributed by atoms with van der Waals surface area (Å²) in [4.78, 5) is 30.5. The van der Waals surface area contributed by atoms with Crippen molar-refractivity contribution in [3.63, 3.8) is 0 Å². The van der Waals surface area contributed by atoms with Crippen LogP contribution in [0.4, 0.5) is 4.79 Å². The largest absolute Gasteiger partial charge is 0.493 e. The number of amides is 1. The van der Waals surface area contributed by atoms with Crippen molar-refractivity contribution in [2.24, 2.45) is 0 Å². The number of fused-ring (bicyclic) bond motifs is 2. The molecule has 8 nitrogen and oxygen atoms in total. The third kappa shape index (κ3) is 4.23. The molecule has 0 aliphatic carbocycles. The number of carbonyl (C=O) groups is 1. The molecular formula is C22H26N4O4S. The van der Waals surface area contributed by atoms with Gasteiger partial charge in [-0.3, -0.25) is 9.78 Å². The summed E-state index contributed by atoms with van der Waals surface area (Å²) >= 11 is 5.48. The van der Waals surface area contributed by atoms with Crippen molar-refractivity contribution in [1.29, 1.82) is 0 Å². The second-order valence-corrected chi connectivity index (χ2v) is 9.09. The van der Waals surface area contributed by atoms with Gasteiger partial charge in [0.2, 0.25) is 0 Å². The van der Waals surface area contributed by atoms with E-state index in [0.29, 0.717) is 29.9 Å². The molecule has 164 valence electrons. The molecule has 9 heteroatoms. The Morgan fingerprint density at radius 1 is 1.39 bits per heavy atom. The normalized spacial score (nSPS) is 15.9. The summed E-state index contributed by atoms with van der Waals surface area (Å²) in [6.45, 7) is 8.34. The monoisotopic (exact) mass is 442 g/mol. The van der Waals surface area contributed by atoms with E-state index in [-0.39, 0.29) is 11.6 Å². The van der Waals surface area contributed by atoms with E-state index in [9.17, 15) is 9.59 Å². The molecule has 1 aliphatic heterocycles. The number of H-pyrrole nitrogens is 2. The predicted octanol–water partition coefficient (Wildman–Crippen LogP) is 4.09. The van der Waals surface area contributed by atoms with Gasteiger partial charge in [-0.2, -0.15) is 0 Å². The summed E-state index contributed by atoms with van der Waals surface area (Å²) in [5.74, 6) is 0.725. The lowest BCUT2D eigenvalue weighted by Gasteiger charge is -2.30. The second-order valence-electron chi connectivity index (χ2n) is 8.71. The number of rotatable bonds is 3. The van der Waals surface area contributed by atoms with E-state index in [1.54, 1.807) is 6.20 Å². The molecule has 1 atom stereocenters. The highest BCUT2D eigenvalue weighted by Gasteiger charge is 2.28. The Hall–Kier alpha value is -3.07. The molecule has 1 aliphatic rings. The van der Waals surface area contributed by atoms with Gasteiger partial charge in [-0.1, -0.05) is 12.1 Å². The molecule has 1 aromatic carbocycles. The van der Waals surface area contributed by atoms with Crippen LogP contribution in [0.1, 0.15) is 49.9 Å². The maximum absolute atomic E-state index is 12.4. The van der Waals surface area contributed by atoms with Crippen LogP contribution >= 0.6 is 12.2 Å². The molecule has 1 amide bonds. The molecule has 31 heavy (non-hydrogen) atoms. The van der Waals surface area contributed by atoms with Crippen LogP contribution in [0.25, 0.3) is 11.0 Å². The Kier molecular flexibility index (Phi) is 5.38. The average molecular weight is 443 g/mol. The van der Waals surface area contributed by atoms with Gasteiger partial charge in [-0.05, 0) is 57.1 Å². The molecule has 3 aromatic rings. The Morgan fingerprint density at radius 2 is 2.16 bits per heavy atom. The number of aryl methyl sites for hydroxylation is 1. The number of aromatic amines is 2. The van der Waals surface area contributed by atoms with Gasteiger partial charge in [0.05, 0.1) is 24.7 Å². The molecule has 2 aromatic heterocycles. The van der Waals surface area contributed by atoms with Crippen LogP contribution in [0.15, 0.2) is 29.2 Å². The zero-order valence-electron chi connectivity index (χ0n) is 18.0. The summed E-state index contributed by atoms with van der Waals surface area (Å²) in [5.41, 5.74) is 3.19. The SMILES string of the molecule is Cc1c[nH]c2c(=O)[nH]c(=S)n(Cc3cccc4c3C(NC(=O)OC(C)(C)C)CCO4)c12. The number of benzene rings is 1. The number of nitrogens with one attached hydrogen (secondary N) is 3. The highest BCUT2D eigenvalue weighted by atomic mass is 32.1. The van der Waals surface area contributed by atoms with Gasteiger partial charge in [-0.15, -0.1) is 0 Å². The van der Waals surface area contributed by atoms with E-state index in [1.807, 2.05) is 50.5 Å². The fraction of sp³-hybridized carbons (Fsp3) is 0.409. The van der Waals surface area contributed by atoms with Crippen molar-refractivity contribution >= 4 is 29.3 Å². The van der Waals surface area contributed by atoms with Gasteiger partial charge >= 0.3 is 6.09 Å². The van der Waals surface area contributed by atoms with Gasteiger partial charge < -0.3 is 24.3 Å². The van der Waals surface area contributed by atoms with E-state index in [4.69, 9.17) is 21.7 Å². The second kappa shape index (κ2) is 7.88. The topological polar surface area (TPSA) is 101 Å². The molecule has 0 saturated heterocycles. The Labute approximate surface area is 184 Å². The first-order valence-electron chi connectivity index (χ1n) is 10.2. The minimum atomic E-state index is -0.585. The number of ether oxygens (including phenoxy) is 2. The molecule has 0 saturated carbocycles. The van der Waals surface area contributed by atoms with E-state index >= 15 is 0 Å². The smallest absolute Gasteiger partial charge is 0.408 e. The van der Waals surface area contributed by atoms with E-state index < -0.39 is 11.7 Å². The van der Waals surface area contributed by atoms with Crippen LogP contribution in [0, 0.1) is 11.7 Å². The molecular weight excluding hydrogens is 416 g/mol. The minimum Gasteiger partial charge on any atom is -0.493 e. The average Bonchev–Trinajstić information content (AvgIpc) is 3.06. The third-order valence-corrected chi connectivity index (χ3v) is 5.52. The Morgan fingerprint density at radius 3 is 2.90 bits per heavy atom. The summed E-state index contributed by atoms with van der Waals surface area (Å²) < 4.78 is 13.6. The van der Waals surface area contributed by atoms with Crippen LogP contribution in [0.3, 0.4) is 0 Å². The number of carbonyl (C=O) groups excluding carboxylic acids is 1. The lowest BCUT2D eigenvalue weighted by Crippen LogP contribution is -2.37. The summed E-state index contributed by atoms with van der Waals surface area (Å²) in [7, 11) is 0. The van der Waals surface area contributed by atoms with Gasteiger partial charge in [0.15, 0.2) is 4.77 Å². The molecule has 0 radical (unpaired) electrons. The first-order valence-corrected chi connectivity index (χ1v) is 10.6. The molecule has 0 bridgehead atoms. The summed E-state index contributed by atoms with van der Waals surface area (Å²) in [6, 6.07) is 5.54. The number of nitrogens with zero attached hydrogens (tertiary/aromatic N) is 1. The first-order chi connectivity index (χ1) is 14.6. The van der Waals surface area contributed by atoms with E-state index in [1.165, 1.54) is 0 Å². The number of alkyl carbamates (subject to hydrolysis) is 1. The molecule has 1 unspecified atom stereocenters. The van der Waals surface area contributed by atoms with Gasteiger partial charge in [-0.25, -0.2) is 4.79 Å². The molecule has 3 heterocycles. The van der Waals surface area contributed by atoms with Crippen LogP contribution in [0.2, 0.25) is 0 Å². The van der Waals surface area contributed by atoms with Crippen LogP contribution in [-0.2, 0) is 11.3 Å². The standard InChI is InChI=1S/C22H26N4O4S/c1-12-10-23-17-18(12)26(20(31)25-19(17)27)11-13-6-5-7-15-16(13)14(8-9-29-15)24-21(28)30-22(2,3)4/h5-7,10,14,23H,8-9,11H2,1-4H3,(H,24,28)(H,25,27,31).